The monoisotopic (exact) mass is 502 g/mol. The van der Waals surface area contributed by atoms with Crippen molar-refractivity contribution in [3.05, 3.63) is 23.3 Å². The van der Waals surface area contributed by atoms with Crippen LogP contribution in [0.4, 0.5) is 4.79 Å². The highest BCUT2D eigenvalue weighted by molar-refractivity contribution is 6.43. The molecule has 1 unspecified atom stereocenters. The second kappa shape index (κ2) is 13.2. The largest absolute Gasteiger partial charge is 0.475 e. The number of alkyl carbamates (subject to hydrolysis) is 1. The van der Waals surface area contributed by atoms with E-state index in [0.29, 0.717) is 32.6 Å². The highest BCUT2D eigenvalue weighted by atomic mass is 16.6. The van der Waals surface area contributed by atoms with Gasteiger partial charge in [0.1, 0.15) is 17.7 Å². The molecule has 3 rings (SSSR count). The predicted molar refractivity (Wildman–Crippen MR) is 135 cm³/mol. The van der Waals surface area contributed by atoms with E-state index in [0.717, 1.165) is 50.8 Å². The van der Waals surface area contributed by atoms with Gasteiger partial charge < -0.3 is 29.7 Å². The quantitative estimate of drug-likeness (QED) is 0.197. The predicted octanol–water partition coefficient (Wildman–Crippen LogP) is 1.54. The van der Waals surface area contributed by atoms with Gasteiger partial charge in [-0.2, -0.15) is 5.26 Å². The third kappa shape index (κ3) is 8.06. The van der Waals surface area contributed by atoms with Gasteiger partial charge in [0.05, 0.1) is 25.7 Å². The molecule has 2 atom stereocenters. The minimum atomic E-state index is -1.70. The average molecular weight is 502 g/mol. The molecule has 2 aliphatic heterocycles. The molecule has 0 aromatic rings. The number of amides is 2. The van der Waals surface area contributed by atoms with Gasteiger partial charge in [-0.05, 0) is 64.9 Å². The Bertz CT molecular complexity index is 878. The van der Waals surface area contributed by atoms with E-state index in [2.05, 4.69) is 22.4 Å². The van der Waals surface area contributed by atoms with E-state index in [1.807, 2.05) is 13.8 Å². The standard InChI is InChI=1S/C25H39BN4O6/c1-25(2,30-11-13-35-14-12-30)16-20(17-27)23(31)29-10-6-5-9-21(18-29)36-24(32)28-22(26(33)34)15-19-7-3-4-8-19/h7,16,21-22,33-34H,3-6,8-15,18H2,1-2H3,(H,28,32)/t21-,22?/m1/s1. The summed E-state index contributed by atoms with van der Waals surface area (Å²) in [5.41, 5.74) is 0.682. The first-order valence-electron chi connectivity index (χ1n) is 13.0. The van der Waals surface area contributed by atoms with Gasteiger partial charge in [0.15, 0.2) is 0 Å². The molecule has 2 heterocycles. The third-order valence-corrected chi connectivity index (χ3v) is 7.14. The van der Waals surface area contributed by atoms with Gasteiger partial charge in [-0.15, -0.1) is 0 Å². The maximum absolute atomic E-state index is 13.3. The SMILES string of the molecule is CC(C)(C=C(C#N)C(=O)N1CCCC[C@@H](OC(=O)NC(CC2=CCCC2)B(O)O)C1)N1CCOCC1. The average Bonchev–Trinajstić information content (AvgIpc) is 3.26. The second-order valence-electron chi connectivity index (χ2n) is 10.3. The fourth-order valence-electron chi connectivity index (χ4n) is 5.05. The maximum Gasteiger partial charge on any atom is 0.475 e. The first-order chi connectivity index (χ1) is 17.2. The number of rotatable bonds is 8. The van der Waals surface area contributed by atoms with Crippen LogP contribution in [0.2, 0.25) is 0 Å². The van der Waals surface area contributed by atoms with Gasteiger partial charge in [-0.25, -0.2) is 4.79 Å². The lowest BCUT2D eigenvalue weighted by atomic mass is 9.76. The molecule has 10 nitrogen and oxygen atoms in total. The number of hydrogen-bond acceptors (Lipinski definition) is 8. The van der Waals surface area contributed by atoms with Crippen LogP contribution in [-0.4, -0.2) is 95.9 Å². The van der Waals surface area contributed by atoms with Crippen LogP contribution < -0.4 is 5.32 Å². The molecule has 2 fully saturated rings. The first kappa shape index (κ1) is 28.2. The van der Waals surface area contributed by atoms with Crippen LogP contribution in [0.1, 0.15) is 58.8 Å². The molecule has 0 spiro atoms. The van der Waals surface area contributed by atoms with Crippen molar-refractivity contribution in [1.29, 1.82) is 5.26 Å². The van der Waals surface area contributed by atoms with Crippen LogP contribution in [0.5, 0.6) is 0 Å². The van der Waals surface area contributed by atoms with Crippen LogP contribution in [-0.2, 0) is 14.3 Å². The first-order valence-corrected chi connectivity index (χ1v) is 13.0. The van der Waals surface area contributed by atoms with Crippen molar-refractivity contribution in [1.82, 2.24) is 15.1 Å². The smallest absolute Gasteiger partial charge is 0.444 e. The van der Waals surface area contributed by atoms with Gasteiger partial charge in [0, 0.05) is 25.2 Å². The molecule has 1 aliphatic carbocycles. The summed E-state index contributed by atoms with van der Waals surface area (Å²) in [6.07, 6.45) is 7.83. The zero-order valence-electron chi connectivity index (χ0n) is 21.4. The van der Waals surface area contributed by atoms with Gasteiger partial charge in [-0.1, -0.05) is 11.6 Å². The molecule has 0 bridgehead atoms. The Balaban J connectivity index is 1.61. The number of carbonyl (C=O) groups is 2. The molecular formula is C25H39BN4O6. The van der Waals surface area contributed by atoms with Crippen molar-refractivity contribution in [2.24, 2.45) is 0 Å². The van der Waals surface area contributed by atoms with Crippen LogP contribution in [0.25, 0.3) is 0 Å². The van der Waals surface area contributed by atoms with Crippen molar-refractivity contribution in [3.63, 3.8) is 0 Å². The van der Waals surface area contributed by atoms with Crippen molar-refractivity contribution in [2.75, 3.05) is 39.4 Å². The Morgan fingerprint density at radius 3 is 2.69 bits per heavy atom. The number of morpholine rings is 1. The number of ether oxygens (including phenoxy) is 2. The van der Waals surface area contributed by atoms with Gasteiger partial charge in [-0.3, -0.25) is 9.69 Å². The lowest BCUT2D eigenvalue weighted by molar-refractivity contribution is -0.127. The van der Waals surface area contributed by atoms with Crippen LogP contribution in [0.3, 0.4) is 0 Å². The molecule has 11 heteroatoms. The molecule has 0 aromatic heterocycles. The maximum atomic E-state index is 13.3. The lowest BCUT2D eigenvalue weighted by Crippen LogP contribution is -2.49. The summed E-state index contributed by atoms with van der Waals surface area (Å²) in [5.74, 6) is -1.23. The van der Waals surface area contributed by atoms with E-state index in [1.54, 1.807) is 11.0 Å². The minimum absolute atomic E-state index is 0.0740. The Labute approximate surface area is 214 Å². The zero-order valence-corrected chi connectivity index (χ0v) is 21.4. The van der Waals surface area contributed by atoms with Crippen LogP contribution in [0, 0.1) is 11.3 Å². The summed E-state index contributed by atoms with van der Waals surface area (Å²) in [5, 5.41) is 31.8. The molecular weight excluding hydrogens is 463 g/mol. The molecule has 198 valence electrons. The van der Waals surface area contributed by atoms with Crippen molar-refractivity contribution in [2.45, 2.75) is 76.4 Å². The van der Waals surface area contributed by atoms with Gasteiger partial charge in [0.2, 0.25) is 0 Å². The topological polar surface area (TPSA) is 135 Å². The number of allylic oxidation sites excluding steroid dienone is 1. The minimum Gasteiger partial charge on any atom is -0.444 e. The zero-order chi connectivity index (χ0) is 26.1. The fraction of sp³-hybridized carbons (Fsp3) is 0.720. The van der Waals surface area contributed by atoms with Gasteiger partial charge in [0.25, 0.3) is 5.91 Å². The number of hydrogen-bond donors (Lipinski definition) is 3. The van der Waals surface area contributed by atoms with E-state index in [9.17, 15) is 24.9 Å². The summed E-state index contributed by atoms with van der Waals surface area (Å²) >= 11 is 0. The van der Waals surface area contributed by atoms with Gasteiger partial charge >= 0.3 is 13.2 Å². The van der Waals surface area contributed by atoms with E-state index < -0.39 is 30.8 Å². The normalized spacial score (nSPS) is 22.8. The summed E-state index contributed by atoms with van der Waals surface area (Å²) in [6.45, 7) is 7.31. The number of carbonyl (C=O) groups excluding carboxylic acids is 2. The summed E-state index contributed by atoms with van der Waals surface area (Å²) < 4.78 is 11.0. The summed E-state index contributed by atoms with van der Waals surface area (Å²) in [7, 11) is -1.70. The Hall–Kier alpha value is -2.39. The molecule has 2 saturated heterocycles. The highest BCUT2D eigenvalue weighted by Crippen LogP contribution is 2.23. The second-order valence-corrected chi connectivity index (χ2v) is 10.3. The van der Waals surface area contributed by atoms with E-state index in [1.165, 1.54) is 0 Å². The Morgan fingerprint density at radius 1 is 1.31 bits per heavy atom. The highest BCUT2D eigenvalue weighted by Gasteiger charge is 2.32. The molecule has 3 N–H and O–H groups in total. The van der Waals surface area contributed by atoms with E-state index in [-0.39, 0.29) is 18.0 Å². The summed E-state index contributed by atoms with van der Waals surface area (Å²) in [6, 6.07) is 2.07. The van der Waals surface area contributed by atoms with Crippen LogP contribution in [0.15, 0.2) is 23.3 Å². The van der Waals surface area contributed by atoms with Crippen molar-refractivity contribution in [3.8, 4) is 6.07 Å². The molecule has 0 saturated carbocycles. The molecule has 2 amide bonds. The van der Waals surface area contributed by atoms with Crippen molar-refractivity contribution < 1.29 is 29.1 Å². The Morgan fingerprint density at radius 2 is 2.06 bits per heavy atom. The number of nitrogens with one attached hydrogen (secondary N) is 1. The molecule has 0 aromatic carbocycles. The van der Waals surface area contributed by atoms with Crippen molar-refractivity contribution >= 4 is 19.1 Å². The molecule has 36 heavy (non-hydrogen) atoms. The molecule has 3 aliphatic rings. The van der Waals surface area contributed by atoms with Crippen LogP contribution >= 0.6 is 0 Å². The van der Waals surface area contributed by atoms with E-state index >= 15 is 0 Å². The molecule has 0 radical (unpaired) electrons. The summed E-state index contributed by atoms with van der Waals surface area (Å²) in [4.78, 5) is 29.6. The number of likely N-dealkylation sites (tertiary alicyclic amines) is 1. The fourth-order valence-corrected chi connectivity index (χ4v) is 5.05. The number of nitrogens with zero attached hydrogens (tertiary/aromatic N) is 3. The third-order valence-electron chi connectivity index (χ3n) is 7.14. The lowest BCUT2D eigenvalue weighted by Gasteiger charge is -2.39. The number of nitriles is 1. The Kier molecular flexibility index (Phi) is 10.4. The van der Waals surface area contributed by atoms with E-state index in [4.69, 9.17) is 9.47 Å².